The van der Waals surface area contributed by atoms with Crippen molar-refractivity contribution in [3.63, 3.8) is 0 Å². The molecule has 0 bridgehead atoms. The molecule has 7 nitrogen and oxygen atoms in total. The number of carbonyl (C=O) groups excluding carboxylic acids is 1. The summed E-state index contributed by atoms with van der Waals surface area (Å²) in [5.74, 6) is 0.632. The minimum Gasteiger partial charge on any atom is -0.465 e. The topological polar surface area (TPSA) is 77.3 Å². The average Bonchev–Trinajstić information content (AvgIpc) is 3.47. The van der Waals surface area contributed by atoms with Crippen molar-refractivity contribution < 1.29 is 19.0 Å². The van der Waals surface area contributed by atoms with Gasteiger partial charge in [0.1, 0.15) is 5.75 Å². The number of rotatable bonds is 11. The molecule has 2 heterocycles. The fourth-order valence-corrected chi connectivity index (χ4v) is 4.61. The van der Waals surface area contributed by atoms with Crippen LogP contribution in [-0.2, 0) is 22.6 Å². The van der Waals surface area contributed by atoms with Crippen LogP contribution in [-0.4, -0.2) is 42.6 Å². The number of thiophene rings is 2. The van der Waals surface area contributed by atoms with Crippen molar-refractivity contribution in [1.82, 2.24) is 9.80 Å². The van der Waals surface area contributed by atoms with Crippen LogP contribution in [0.25, 0.3) is 0 Å². The summed E-state index contributed by atoms with van der Waals surface area (Å²) in [5.41, 5.74) is 7.11. The third-order valence-corrected chi connectivity index (χ3v) is 6.54. The number of amides is 1. The van der Waals surface area contributed by atoms with Crippen molar-refractivity contribution in [2.75, 3.05) is 14.1 Å². The second-order valence-electron chi connectivity index (χ2n) is 7.77. The van der Waals surface area contributed by atoms with Gasteiger partial charge in [0.2, 0.25) is 12.6 Å². The second kappa shape index (κ2) is 12.2. The summed E-state index contributed by atoms with van der Waals surface area (Å²) < 4.78 is 17.2. The molecule has 33 heavy (non-hydrogen) atoms. The summed E-state index contributed by atoms with van der Waals surface area (Å²) in [6.45, 7) is 4.40. The van der Waals surface area contributed by atoms with Gasteiger partial charge in [0.15, 0.2) is 0 Å². The van der Waals surface area contributed by atoms with Crippen LogP contribution < -0.4 is 10.5 Å². The molecule has 2 aromatic heterocycles. The van der Waals surface area contributed by atoms with Crippen LogP contribution in [0.5, 0.6) is 5.75 Å². The van der Waals surface area contributed by atoms with Crippen LogP contribution in [0.15, 0.2) is 59.3 Å². The Morgan fingerprint density at radius 3 is 2.15 bits per heavy atom. The SMILES string of the molecule is CC(OC(=O)N(Cc1cccs1)Cc1cccs1)OC(C)Oc1cccc(C(N)N(C)C)c1. The molecule has 0 saturated heterocycles. The number of carbonyl (C=O) groups is 1. The summed E-state index contributed by atoms with van der Waals surface area (Å²) in [6.07, 6.45) is -2.08. The Labute approximate surface area is 203 Å². The van der Waals surface area contributed by atoms with E-state index >= 15 is 0 Å². The minimum absolute atomic E-state index is 0.234. The maximum absolute atomic E-state index is 12.9. The smallest absolute Gasteiger partial charge is 0.412 e. The van der Waals surface area contributed by atoms with Crippen LogP contribution in [0.1, 0.15) is 35.3 Å². The summed E-state index contributed by atoms with van der Waals surface area (Å²) in [6, 6.07) is 15.5. The van der Waals surface area contributed by atoms with Crippen molar-refractivity contribution in [3.8, 4) is 5.75 Å². The van der Waals surface area contributed by atoms with Gasteiger partial charge in [-0.1, -0.05) is 24.3 Å². The van der Waals surface area contributed by atoms with Gasteiger partial charge in [-0.2, -0.15) is 0 Å². The Morgan fingerprint density at radius 2 is 1.61 bits per heavy atom. The lowest BCUT2D eigenvalue weighted by atomic mass is 10.1. The zero-order valence-corrected chi connectivity index (χ0v) is 21.0. The Bertz CT molecular complexity index is 943. The standard InChI is InChI=1S/C24H31N3O4S2/c1-17(30-20-9-5-8-19(14-20)23(25)26(3)4)29-18(2)31-24(28)27(15-21-10-6-12-32-21)16-22-11-7-13-33-22/h5-14,17-18,23H,15-16,25H2,1-4H3. The van der Waals surface area contributed by atoms with Crippen molar-refractivity contribution >= 4 is 28.8 Å². The molecule has 0 saturated carbocycles. The minimum atomic E-state index is -0.783. The Kier molecular flexibility index (Phi) is 9.28. The van der Waals surface area contributed by atoms with Crippen molar-refractivity contribution in [3.05, 3.63) is 74.6 Å². The third kappa shape index (κ3) is 7.83. The van der Waals surface area contributed by atoms with Crippen LogP contribution in [0.4, 0.5) is 4.79 Å². The maximum atomic E-state index is 12.9. The van der Waals surface area contributed by atoms with Crippen LogP contribution in [0.3, 0.4) is 0 Å². The van der Waals surface area contributed by atoms with Crippen molar-refractivity contribution in [2.24, 2.45) is 5.73 Å². The summed E-state index contributed by atoms with van der Waals surface area (Å²) in [7, 11) is 3.83. The molecular weight excluding hydrogens is 458 g/mol. The number of hydrogen-bond acceptors (Lipinski definition) is 8. The molecule has 1 aromatic carbocycles. The number of hydrogen-bond donors (Lipinski definition) is 1. The molecule has 3 atom stereocenters. The van der Waals surface area contributed by atoms with E-state index in [2.05, 4.69) is 0 Å². The normalized spacial score (nSPS) is 14.0. The van der Waals surface area contributed by atoms with E-state index in [0.717, 1.165) is 15.3 Å². The van der Waals surface area contributed by atoms with Crippen LogP contribution >= 0.6 is 22.7 Å². The largest absolute Gasteiger partial charge is 0.465 e. The lowest BCUT2D eigenvalue weighted by molar-refractivity contribution is -0.183. The highest BCUT2D eigenvalue weighted by Crippen LogP contribution is 2.22. The van der Waals surface area contributed by atoms with E-state index in [-0.39, 0.29) is 6.17 Å². The monoisotopic (exact) mass is 489 g/mol. The van der Waals surface area contributed by atoms with E-state index < -0.39 is 18.7 Å². The summed E-state index contributed by atoms with van der Waals surface area (Å²) in [5, 5.41) is 3.99. The number of nitrogens with zero attached hydrogens (tertiary/aromatic N) is 2. The lowest BCUT2D eigenvalue weighted by Crippen LogP contribution is -2.35. The van der Waals surface area contributed by atoms with Crippen molar-refractivity contribution in [2.45, 2.75) is 45.7 Å². The highest BCUT2D eigenvalue weighted by atomic mass is 32.1. The fourth-order valence-electron chi connectivity index (χ4n) is 3.17. The van der Waals surface area contributed by atoms with Gasteiger partial charge >= 0.3 is 6.09 Å². The van der Waals surface area contributed by atoms with Crippen molar-refractivity contribution in [1.29, 1.82) is 0 Å². The lowest BCUT2D eigenvalue weighted by Gasteiger charge is -2.25. The highest BCUT2D eigenvalue weighted by molar-refractivity contribution is 7.10. The highest BCUT2D eigenvalue weighted by Gasteiger charge is 2.21. The first-order chi connectivity index (χ1) is 15.8. The molecule has 3 aromatic rings. The van der Waals surface area contributed by atoms with Gasteiger partial charge in [0.25, 0.3) is 0 Å². The van der Waals surface area contributed by atoms with Gasteiger partial charge in [-0.05, 0) is 68.5 Å². The molecule has 178 valence electrons. The predicted octanol–water partition coefficient (Wildman–Crippen LogP) is 5.25. The molecule has 3 unspecified atom stereocenters. The van der Waals surface area contributed by atoms with Gasteiger partial charge in [-0.15, -0.1) is 22.7 Å². The quantitative estimate of drug-likeness (QED) is 0.371. The second-order valence-corrected chi connectivity index (χ2v) is 9.83. The molecular formula is C24H31N3O4S2. The number of benzene rings is 1. The van der Waals surface area contributed by atoms with E-state index in [9.17, 15) is 4.79 Å². The fraction of sp³-hybridized carbons (Fsp3) is 0.375. The first-order valence-electron chi connectivity index (χ1n) is 10.7. The molecule has 0 aliphatic heterocycles. The van der Waals surface area contributed by atoms with Gasteiger partial charge in [-0.3, -0.25) is 9.80 Å². The molecule has 9 heteroatoms. The first kappa shape index (κ1) is 25.2. The summed E-state index contributed by atoms with van der Waals surface area (Å²) in [4.78, 5) is 18.7. The average molecular weight is 490 g/mol. The molecule has 1 amide bonds. The number of nitrogens with two attached hydrogens (primary N) is 1. The Morgan fingerprint density at radius 1 is 0.970 bits per heavy atom. The Hall–Kier alpha value is -2.43. The van der Waals surface area contributed by atoms with Crippen LogP contribution in [0.2, 0.25) is 0 Å². The number of ether oxygens (including phenoxy) is 3. The van der Waals surface area contributed by atoms with Gasteiger partial charge in [0.05, 0.1) is 19.3 Å². The summed E-state index contributed by atoms with van der Waals surface area (Å²) >= 11 is 3.22. The zero-order valence-electron chi connectivity index (χ0n) is 19.3. The van der Waals surface area contributed by atoms with E-state index in [0.29, 0.717) is 18.8 Å². The van der Waals surface area contributed by atoms with E-state index in [1.165, 1.54) is 0 Å². The molecule has 0 spiro atoms. The zero-order chi connectivity index (χ0) is 23.8. The van der Waals surface area contributed by atoms with E-state index in [1.807, 2.05) is 78.3 Å². The van der Waals surface area contributed by atoms with Gasteiger partial charge in [-0.25, -0.2) is 4.79 Å². The molecule has 2 N–H and O–H groups in total. The van der Waals surface area contributed by atoms with Gasteiger partial charge < -0.3 is 19.9 Å². The Balaban J connectivity index is 1.56. The molecule has 0 fully saturated rings. The van der Waals surface area contributed by atoms with Crippen LogP contribution in [0, 0.1) is 0 Å². The predicted molar refractivity (Wildman–Crippen MR) is 132 cm³/mol. The molecule has 0 radical (unpaired) electrons. The van der Waals surface area contributed by atoms with Gasteiger partial charge in [0, 0.05) is 9.75 Å². The van der Waals surface area contributed by atoms with E-state index in [1.54, 1.807) is 41.4 Å². The molecule has 0 aliphatic carbocycles. The first-order valence-corrected chi connectivity index (χ1v) is 12.4. The molecule has 0 aliphatic rings. The van der Waals surface area contributed by atoms with E-state index in [4.69, 9.17) is 19.9 Å². The maximum Gasteiger partial charge on any atom is 0.412 e. The molecule has 3 rings (SSSR count). The third-order valence-electron chi connectivity index (χ3n) is 4.82.